The van der Waals surface area contributed by atoms with Crippen LogP contribution in [0.2, 0.25) is 0 Å². The number of rotatable bonds is 3. The van der Waals surface area contributed by atoms with Crippen LogP contribution in [0.15, 0.2) is 0 Å². The summed E-state index contributed by atoms with van der Waals surface area (Å²) in [5.74, 6) is -0.963. The highest BCUT2D eigenvalue weighted by Gasteiger charge is 2.28. The molecule has 1 aliphatic heterocycles. The Hall–Kier alpha value is -1.30. The first-order valence-corrected chi connectivity index (χ1v) is 5.90. The number of hydrogen-bond acceptors (Lipinski definition) is 3. The van der Waals surface area contributed by atoms with Crippen molar-refractivity contribution in [2.75, 3.05) is 33.4 Å². The van der Waals surface area contributed by atoms with Gasteiger partial charge in [-0.05, 0) is 12.8 Å². The van der Waals surface area contributed by atoms with Gasteiger partial charge in [-0.1, -0.05) is 6.92 Å². The molecule has 0 bridgehead atoms. The van der Waals surface area contributed by atoms with Crippen molar-refractivity contribution in [3.8, 4) is 0 Å². The first-order valence-electron chi connectivity index (χ1n) is 5.90. The lowest BCUT2D eigenvalue weighted by atomic mass is 10.2. The number of amides is 2. The van der Waals surface area contributed by atoms with Crippen LogP contribution in [0.25, 0.3) is 0 Å². The van der Waals surface area contributed by atoms with Gasteiger partial charge < -0.3 is 19.6 Å². The predicted molar refractivity (Wildman–Crippen MR) is 61.9 cm³/mol. The van der Waals surface area contributed by atoms with Crippen LogP contribution >= 0.6 is 0 Å². The molecule has 1 saturated heterocycles. The molecule has 0 saturated carbocycles. The number of carboxylic acid groups (broad SMARTS) is 1. The molecule has 1 N–H and O–H groups in total. The molecule has 0 radical (unpaired) electrons. The summed E-state index contributed by atoms with van der Waals surface area (Å²) in [5.41, 5.74) is 0. The summed E-state index contributed by atoms with van der Waals surface area (Å²) < 4.78 is 5.26. The minimum absolute atomic E-state index is 0.232. The van der Waals surface area contributed by atoms with Gasteiger partial charge in [0.2, 0.25) is 0 Å². The van der Waals surface area contributed by atoms with Crippen LogP contribution in [0.1, 0.15) is 19.8 Å². The average molecular weight is 244 g/mol. The molecule has 6 nitrogen and oxygen atoms in total. The molecule has 0 aromatic heterocycles. The number of nitrogens with zero attached hydrogens (tertiary/aromatic N) is 2. The normalized spacial score (nSPS) is 18.4. The Balaban J connectivity index is 2.63. The zero-order valence-electron chi connectivity index (χ0n) is 10.4. The van der Waals surface area contributed by atoms with Crippen molar-refractivity contribution in [1.29, 1.82) is 0 Å². The predicted octanol–water partition coefficient (Wildman–Crippen LogP) is 0.624. The van der Waals surface area contributed by atoms with E-state index in [2.05, 4.69) is 0 Å². The van der Waals surface area contributed by atoms with E-state index in [4.69, 9.17) is 9.84 Å². The Kier molecular flexibility index (Phi) is 5.21. The van der Waals surface area contributed by atoms with E-state index < -0.39 is 12.0 Å². The van der Waals surface area contributed by atoms with E-state index in [0.717, 1.165) is 6.42 Å². The van der Waals surface area contributed by atoms with Crippen molar-refractivity contribution in [3.05, 3.63) is 0 Å². The van der Waals surface area contributed by atoms with Crippen molar-refractivity contribution in [2.45, 2.75) is 25.8 Å². The number of hydrogen-bond donors (Lipinski definition) is 1. The van der Waals surface area contributed by atoms with Crippen molar-refractivity contribution in [2.24, 2.45) is 0 Å². The highest BCUT2D eigenvalue weighted by Crippen LogP contribution is 2.08. The summed E-state index contributed by atoms with van der Waals surface area (Å²) in [6.45, 7) is 4.08. The summed E-state index contributed by atoms with van der Waals surface area (Å²) in [4.78, 5) is 26.0. The number of ether oxygens (including phenoxy) is 1. The second-order valence-electron chi connectivity index (χ2n) is 4.11. The van der Waals surface area contributed by atoms with E-state index in [1.165, 1.54) is 11.9 Å². The summed E-state index contributed by atoms with van der Waals surface area (Å²) in [7, 11) is 1.54. The fraction of sp³-hybridized carbons (Fsp3) is 0.818. The fourth-order valence-electron chi connectivity index (χ4n) is 1.91. The largest absolute Gasteiger partial charge is 0.480 e. The summed E-state index contributed by atoms with van der Waals surface area (Å²) in [6, 6.07) is -0.989. The van der Waals surface area contributed by atoms with Crippen LogP contribution in [0.5, 0.6) is 0 Å². The second-order valence-corrected chi connectivity index (χ2v) is 4.11. The van der Waals surface area contributed by atoms with Gasteiger partial charge in [0.25, 0.3) is 0 Å². The summed E-state index contributed by atoms with van der Waals surface area (Å²) in [5, 5.41) is 9.01. The van der Waals surface area contributed by atoms with E-state index in [0.29, 0.717) is 32.7 Å². The van der Waals surface area contributed by atoms with Gasteiger partial charge in [0.05, 0.1) is 6.61 Å². The highest BCUT2D eigenvalue weighted by atomic mass is 16.5. The highest BCUT2D eigenvalue weighted by molar-refractivity contribution is 5.82. The van der Waals surface area contributed by atoms with Gasteiger partial charge in [0, 0.05) is 26.7 Å². The lowest BCUT2D eigenvalue weighted by Crippen LogP contribution is -2.49. The van der Waals surface area contributed by atoms with Crippen LogP contribution < -0.4 is 0 Å². The zero-order chi connectivity index (χ0) is 12.8. The molecular weight excluding hydrogens is 224 g/mol. The van der Waals surface area contributed by atoms with Crippen molar-refractivity contribution in [3.63, 3.8) is 0 Å². The maximum Gasteiger partial charge on any atom is 0.326 e. The third-order valence-corrected chi connectivity index (χ3v) is 2.93. The molecular formula is C11H20N2O4. The maximum atomic E-state index is 12.1. The van der Waals surface area contributed by atoms with Crippen molar-refractivity contribution >= 4 is 12.0 Å². The van der Waals surface area contributed by atoms with Crippen LogP contribution in [0, 0.1) is 0 Å². The molecule has 1 fully saturated rings. The number of carbonyl (C=O) groups excluding carboxylic acids is 1. The van der Waals surface area contributed by atoms with Gasteiger partial charge in [-0.2, -0.15) is 0 Å². The van der Waals surface area contributed by atoms with Crippen LogP contribution in [0.3, 0.4) is 0 Å². The fourth-order valence-corrected chi connectivity index (χ4v) is 1.91. The van der Waals surface area contributed by atoms with Crippen LogP contribution in [-0.2, 0) is 9.53 Å². The molecule has 17 heavy (non-hydrogen) atoms. The van der Waals surface area contributed by atoms with Crippen molar-refractivity contribution < 1.29 is 19.4 Å². The smallest absolute Gasteiger partial charge is 0.326 e. The Morgan fingerprint density at radius 1 is 1.41 bits per heavy atom. The van der Waals surface area contributed by atoms with Gasteiger partial charge in [-0.3, -0.25) is 0 Å². The Morgan fingerprint density at radius 2 is 2.12 bits per heavy atom. The molecule has 0 aromatic rings. The Morgan fingerprint density at radius 3 is 2.71 bits per heavy atom. The van der Waals surface area contributed by atoms with Crippen molar-refractivity contribution in [1.82, 2.24) is 9.80 Å². The molecule has 2 amide bonds. The van der Waals surface area contributed by atoms with Gasteiger partial charge in [-0.25, -0.2) is 9.59 Å². The molecule has 1 unspecified atom stereocenters. The van der Waals surface area contributed by atoms with E-state index in [9.17, 15) is 9.59 Å². The second kappa shape index (κ2) is 6.44. The van der Waals surface area contributed by atoms with Gasteiger partial charge >= 0.3 is 12.0 Å². The lowest BCUT2D eigenvalue weighted by Gasteiger charge is -2.30. The molecule has 1 aliphatic rings. The molecule has 98 valence electrons. The number of urea groups is 1. The van der Waals surface area contributed by atoms with Crippen LogP contribution in [0.4, 0.5) is 4.79 Å². The first-order chi connectivity index (χ1) is 8.07. The Labute approximate surface area is 101 Å². The van der Waals surface area contributed by atoms with E-state index >= 15 is 0 Å². The number of likely N-dealkylation sites (N-methyl/N-ethyl adjacent to an activating group) is 1. The quantitative estimate of drug-likeness (QED) is 0.790. The first kappa shape index (κ1) is 13.8. The molecule has 0 spiro atoms. The molecule has 1 atom stereocenters. The van der Waals surface area contributed by atoms with E-state index in [1.807, 2.05) is 0 Å². The Bertz CT molecular complexity index is 275. The molecule has 6 heteroatoms. The minimum atomic E-state index is -0.963. The third-order valence-electron chi connectivity index (χ3n) is 2.93. The minimum Gasteiger partial charge on any atom is -0.480 e. The van der Waals surface area contributed by atoms with Gasteiger partial charge in [-0.15, -0.1) is 0 Å². The van der Waals surface area contributed by atoms with Gasteiger partial charge in [0.15, 0.2) is 0 Å². The number of carboxylic acids is 1. The molecule has 1 heterocycles. The standard InChI is InChI=1S/C11H20N2O4/c1-3-9(10(14)15)12(2)11(16)13-5-4-7-17-8-6-13/h9H,3-8H2,1-2H3,(H,14,15). The maximum absolute atomic E-state index is 12.1. The number of aliphatic carboxylic acids is 1. The third kappa shape index (κ3) is 3.59. The lowest BCUT2D eigenvalue weighted by molar-refractivity contribution is -0.142. The number of carbonyl (C=O) groups is 2. The molecule has 1 rings (SSSR count). The average Bonchev–Trinajstić information content (AvgIpc) is 2.56. The molecule has 0 aliphatic carbocycles. The summed E-state index contributed by atoms with van der Waals surface area (Å²) in [6.07, 6.45) is 1.20. The zero-order valence-corrected chi connectivity index (χ0v) is 10.4. The van der Waals surface area contributed by atoms with E-state index in [-0.39, 0.29) is 6.03 Å². The van der Waals surface area contributed by atoms with Gasteiger partial charge in [0.1, 0.15) is 6.04 Å². The summed E-state index contributed by atoms with van der Waals surface area (Å²) >= 11 is 0. The SMILES string of the molecule is CCC(C(=O)O)N(C)C(=O)N1CCCOCC1. The monoisotopic (exact) mass is 244 g/mol. The van der Waals surface area contributed by atoms with E-state index in [1.54, 1.807) is 11.8 Å². The van der Waals surface area contributed by atoms with Crippen LogP contribution in [-0.4, -0.2) is 66.3 Å². The molecule has 0 aromatic carbocycles. The topological polar surface area (TPSA) is 70.1 Å².